The number of β-amino-alcohol motifs (C(OH)–C–C–N with tert-alkyl or cyclic N) is 1. The van der Waals surface area contributed by atoms with Crippen LogP contribution in [0, 0.1) is 5.92 Å². The Bertz CT molecular complexity index is 712. The lowest BCUT2D eigenvalue weighted by Gasteiger charge is -2.31. The number of hydrazine groups is 1. The maximum Gasteiger partial charge on any atom is 0.224 e. The SMILES string of the molecule is OC1CCCN(c2ccnc(NCC3CNNC3c3ccccc3)n2)C1. The maximum atomic E-state index is 9.88. The summed E-state index contributed by atoms with van der Waals surface area (Å²) in [5.74, 6) is 1.92. The molecule has 7 heteroatoms. The van der Waals surface area contributed by atoms with E-state index in [-0.39, 0.29) is 12.1 Å². The van der Waals surface area contributed by atoms with E-state index in [2.05, 4.69) is 55.3 Å². The first-order valence-electron chi connectivity index (χ1n) is 9.33. The summed E-state index contributed by atoms with van der Waals surface area (Å²) in [6.45, 7) is 3.25. The van der Waals surface area contributed by atoms with Crippen molar-refractivity contribution in [3.8, 4) is 0 Å². The van der Waals surface area contributed by atoms with Gasteiger partial charge >= 0.3 is 0 Å². The molecule has 2 saturated heterocycles. The van der Waals surface area contributed by atoms with Crippen LogP contribution >= 0.6 is 0 Å². The van der Waals surface area contributed by atoms with E-state index in [1.165, 1.54) is 5.56 Å². The second-order valence-electron chi connectivity index (χ2n) is 7.04. The summed E-state index contributed by atoms with van der Waals surface area (Å²) in [6, 6.07) is 12.7. The van der Waals surface area contributed by atoms with Gasteiger partial charge in [0, 0.05) is 38.3 Å². The van der Waals surface area contributed by atoms with Gasteiger partial charge in [0.2, 0.25) is 5.95 Å². The molecular weight excluding hydrogens is 328 g/mol. The van der Waals surface area contributed by atoms with Crippen molar-refractivity contribution in [3.63, 3.8) is 0 Å². The van der Waals surface area contributed by atoms with E-state index in [0.29, 0.717) is 18.4 Å². The van der Waals surface area contributed by atoms with Crippen LogP contribution in [0.2, 0.25) is 0 Å². The predicted octanol–water partition coefficient (Wildman–Crippen LogP) is 1.31. The molecule has 2 aromatic rings. The van der Waals surface area contributed by atoms with Crippen LogP contribution in [0.4, 0.5) is 11.8 Å². The monoisotopic (exact) mass is 354 g/mol. The number of benzene rings is 1. The summed E-state index contributed by atoms with van der Waals surface area (Å²) < 4.78 is 0. The number of nitrogens with zero attached hydrogens (tertiary/aromatic N) is 3. The minimum atomic E-state index is -0.266. The third-order valence-corrected chi connectivity index (χ3v) is 5.14. The van der Waals surface area contributed by atoms with Gasteiger partial charge in [0.25, 0.3) is 0 Å². The van der Waals surface area contributed by atoms with Gasteiger partial charge in [-0.3, -0.25) is 5.43 Å². The average Bonchev–Trinajstić information content (AvgIpc) is 3.16. The van der Waals surface area contributed by atoms with E-state index in [9.17, 15) is 5.11 Å². The molecule has 4 rings (SSSR count). The zero-order chi connectivity index (χ0) is 17.8. The normalized spacial score (nSPS) is 26.0. The first-order chi connectivity index (χ1) is 12.8. The van der Waals surface area contributed by atoms with Crippen LogP contribution in [0.3, 0.4) is 0 Å². The lowest BCUT2D eigenvalue weighted by atomic mass is 9.95. The number of nitrogens with one attached hydrogen (secondary N) is 3. The van der Waals surface area contributed by atoms with Crippen molar-refractivity contribution in [1.82, 2.24) is 20.8 Å². The van der Waals surface area contributed by atoms with Crippen molar-refractivity contribution in [2.75, 3.05) is 36.4 Å². The number of hydrogen-bond donors (Lipinski definition) is 4. The molecule has 0 radical (unpaired) electrons. The number of aliphatic hydroxyl groups excluding tert-OH is 1. The topological polar surface area (TPSA) is 85.3 Å². The highest BCUT2D eigenvalue weighted by molar-refractivity contribution is 5.43. The molecule has 3 unspecified atom stereocenters. The quantitative estimate of drug-likeness (QED) is 0.644. The summed E-state index contributed by atoms with van der Waals surface area (Å²) in [7, 11) is 0. The van der Waals surface area contributed by atoms with Crippen molar-refractivity contribution in [2.24, 2.45) is 5.92 Å². The molecule has 2 aliphatic heterocycles. The minimum absolute atomic E-state index is 0.266. The van der Waals surface area contributed by atoms with Gasteiger partial charge in [-0.05, 0) is 24.5 Å². The number of rotatable bonds is 5. The molecule has 4 N–H and O–H groups in total. The van der Waals surface area contributed by atoms with Crippen LogP contribution in [-0.4, -0.2) is 47.4 Å². The largest absolute Gasteiger partial charge is 0.391 e. The Kier molecular flexibility index (Phi) is 5.29. The lowest BCUT2D eigenvalue weighted by Crippen LogP contribution is -2.38. The average molecular weight is 354 g/mol. The van der Waals surface area contributed by atoms with Gasteiger partial charge in [-0.2, -0.15) is 4.98 Å². The minimum Gasteiger partial charge on any atom is -0.391 e. The Hall–Kier alpha value is -2.22. The summed E-state index contributed by atoms with van der Waals surface area (Å²) in [4.78, 5) is 11.1. The summed E-state index contributed by atoms with van der Waals surface area (Å²) >= 11 is 0. The molecule has 1 aromatic heterocycles. The van der Waals surface area contributed by atoms with Gasteiger partial charge in [0.15, 0.2) is 0 Å². The fraction of sp³-hybridized carbons (Fsp3) is 0.474. The highest BCUT2D eigenvalue weighted by Crippen LogP contribution is 2.25. The molecular formula is C19H26N6O. The third-order valence-electron chi connectivity index (χ3n) is 5.14. The fourth-order valence-electron chi connectivity index (χ4n) is 3.74. The molecule has 138 valence electrons. The molecule has 1 aromatic carbocycles. The van der Waals surface area contributed by atoms with Crippen molar-refractivity contribution in [1.29, 1.82) is 0 Å². The van der Waals surface area contributed by atoms with Gasteiger partial charge in [0.1, 0.15) is 5.82 Å². The van der Waals surface area contributed by atoms with E-state index < -0.39 is 0 Å². The van der Waals surface area contributed by atoms with E-state index in [1.54, 1.807) is 6.20 Å². The van der Waals surface area contributed by atoms with E-state index in [1.807, 2.05) is 12.1 Å². The van der Waals surface area contributed by atoms with Crippen molar-refractivity contribution < 1.29 is 5.11 Å². The molecule has 2 fully saturated rings. The molecule has 3 heterocycles. The zero-order valence-electron chi connectivity index (χ0n) is 14.8. The number of aliphatic hydroxyl groups is 1. The highest BCUT2D eigenvalue weighted by Gasteiger charge is 2.28. The van der Waals surface area contributed by atoms with Crippen LogP contribution in [0.25, 0.3) is 0 Å². The first-order valence-corrected chi connectivity index (χ1v) is 9.33. The van der Waals surface area contributed by atoms with Gasteiger partial charge in [0.05, 0.1) is 12.1 Å². The summed E-state index contributed by atoms with van der Waals surface area (Å²) in [5, 5.41) is 13.3. The van der Waals surface area contributed by atoms with Crippen LogP contribution in [0.1, 0.15) is 24.4 Å². The molecule has 26 heavy (non-hydrogen) atoms. The molecule has 0 aliphatic carbocycles. The van der Waals surface area contributed by atoms with Crippen LogP contribution in [0.15, 0.2) is 42.6 Å². The maximum absolute atomic E-state index is 9.88. The third kappa shape index (κ3) is 3.95. The van der Waals surface area contributed by atoms with Gasteiger partial charge < -0.3 is 15.3 Å². The van der Waals surface area contributed by atoms with E-state index >= 15 is 0 Å². The Balaban J connectivity index is 1.39. The van der Waals surface area contributed by atoms with Crippen molar-refractivity contribution >= 4 is 11.8 Å². The number of aromatic nitrogens is 2. The Morgan fingerprint density at radius 2 is 2.12 bits per heavy atom. The summed E-state index contributed by atoms with van der Waals surface area (Å²) in [6.07, 6.45) is 3.38. The number of hydrogen-bond acceptors (Lipinski definition) is 7. The van der Waals surface area contributed by atoms with Crippen LogP contribution < -0.4 is 21.1 Å². The molecule has 0 amide bonds. The van der Waals surface area contributed by atoms with Crippen molar-refractivity contribution in [2.45, 2.75) is 25.0 Å². The van der Waals surface area contributed by atoms with Gasteiger partial charge in [-0.25, -0.2) is 10.4 Å². The molecule has 2 aliphatic rings. The number of piperidine rings is 1. The second kappa shape index (κ2) is 7.99. The van der Waals surface area contributed by atoms with Crippen molar-refractivity contribution in [3.05, 3.63) is 48.2 Å². The fourth-order valence-corrected chi connectivity index (χ4v) is 3.74. The van der Waals surface area contributed by atoms with E-state index in [4.69, 9.17) is 0 Å². The van der Waals surface area contributed by atoms with E-state index in [0.717, 1.165) is 38.3 Å². The smallest absolute Gasteiger partial charge is 0.224 e. The molecule has 0 spiro atoms. The highest BCUT2D eigenvalue weighted by atomic mass is 16.3. The number of anilines is 2. The zero-order valence-corrected chi connectivity index (χ0v) is 14.8. The molecule has 7 nitrogen and oxygen atoms in total. The summed E-state index contributed by atoms with van der Waals surface area (Å²) in [5.41, 5.74) is 7.90. The Morgan fingerprint density at radius 3 is 2.96 bits per heavy atom. The predicted molar refractivity (Wildman–Crippen MR) is 102 cm³/mol. The second-order valence-corrected chi connectivity index (χ2v) is 7.04. The molecule has 0 bridgehead atoms. The lowest BCUT2D eigenvalue weighted by molar-refractivity contribution is 0.154. The molecule has 3 atom stereocenters. The van der Waals surface area contributed by atoms with Crippen LogP contribution in [0.5, 0.6) is 0 Å². The van der Waals surface area contributed by atoms with Crippen LogP contribution in [-0.2, 0) is 0 Å². The molecule has 0 saturated carbocycles. The van der Waals surface area contributed by atoms with Gasteiger partial charge in [-0.1, -0.05) is 30.3 Å². The van der Waals surface area contributed by atoms with Gasteiger partial charge in [-0.15, -0.1) is 0 Å². The first kappa shape index (κ1) is 17.2. The standard InChI is InChI=1S/C19H26N6O/c26-16-7-4-10-25(13-16)17-8-9-20-19(23-17)21-11-15-12-22-24-18(15)14-5-2-1-3-6-14/h1-3,5-6,8-9,15-16,18,22,24,26H,4,7,10-13H2,(H,20,21,23). The Labute approximate surface area is 153 Å². The Morgan fingerprint density at radius 1 is 1.23 bits per heavy atom.